The molecule has 2 atom stereocenters. The molecule has 2 unspecified atom stereocenters. The average Bonchev–Trinajstić information content (AvgIpc) is 2.98. The lowest BCUT2D eigenvalue weighted by molar-refractivity contribution is 0.0304. The minimum atomic E-state index is -1.72. The number of thiazole rings is 1. The summed E-state index contributed by atoms with van der Waals surface area (Å²) in [5.74, 6) is 0. The molecule has 6 heteroatoms. The molecule has 0 saturated carbocycles. The van der Waals surface area contributed by atoms with Gasteiger partial charge >= 0.3 is 0 Å². The van der Waals surface area contributed by atoms with Crippen molar-refractivity contribution >= 4 is 24.8 Å². The molecule has 1 aromatic heterocycles. The highest BCUT2D eigenvalue weighted by molar-refractivity contribution is 7.15. The lowest BCUT2D eigenvalue weighted by atomic mass is 10.2. The standard InChI is InChI=1S/C17H30N2O2SSi/c1-12-15(11-20-23(5,6)17(2,3)4)18-16(22-12)19-9-13-7-8-14(10-19)21-13/h13-14H,7-11H2,1-6H3. The predicted molar refractivity (Wildman–Crippen MR) is 98.9 cm³/mol. The van der Waals surface area contributed by atoms with Crippen molar-refractivity contribution in [2.45, 2.75) is 77.5 Å². The molecule has 2 saturated heterocycles. The van der Waals surface area contributed by atoms with Crippen LogP contribution in [0.2, 0.25) is 18.1 Å². The van der Waals surface area contributed by atoms with Crippen LogP contribution in [0, 0.1) is 6.92 Å². The van der Waals surface area contributed by atoms with Crippen molar-refractivity contribution in [3.05, 3.63) is 10.6 Å². The van der Waals surface area contributed by atoms with E-state index in [0.717, 1.165) is 23.9 Å². The third kappa shape index (κ3) is 3.65. The molecule has 0 spiro atoms. The first kappa shape index (κ1) is 17.4. The number of morpholine rings is 1. The number of hydrogen-bond acceptors (Lipinski definition) is 5. The summed E-state index contributed by atoms with van der Waals surface area (Å²) in [5.41, 5.74) is 1.12. The number of aromatic nitrogens is 1. The van der Waals surface area contributed by atoms with Crippen LogP contribution in [0.15, 0.2) is 0 Å². The van der Waals surface area contributed by atoms with Crippen LogP contribution in [-0.2, 0) is 15.8 Å². The fourth-order valence-corrected chi connectivity index (χ4v) is 4.78. The number of rotatable bonds is 4. The summed E-state index contributed by atoms with van der Waals surface area (Å²) in [6.07, 6.45) is 3.22. The highest BCUT2D eigenvalue weighted by atomic mass is 32.1. The molecular weight excluding hydrogens is 324 g/mol. The second-order valence-corrected chi connectivity index (χ2v) is 14.4. The van der Waals surface area contributed by atoms with Gasteiger partial charge in [-0.15, -0.1) is 11.3 Å². The zero-order chi connectivity index (χ0) is 16.8. The van der Waals surface area contributed by atoms with Gasteiger partial charge in [-0.3, -0.25) is 0 Å². The monoisotopic (exact) mass is 354 g/mol. The normalized spacial score (nSPS) is 25.2. The van der Waals surface area contributed by atoms with Crippen LogP contribution in [0.5, 0.6) is 0 Å². The van der Waals surface area contributed by atoms with Gasteiger partial charge in [0.2, 0.25) is 0 Å². The molecule has 130 valence electrons. The van der Waals surface area contributed by atoms with Crippen LogP contribution >= 0.6 is 11.3 Å². The minimum absolute atomic E-state index is 0.239. The lowest BCUT2D eigenvalue weighted by Gasteiger charge is -2.36. The van der Waals surface area contributed by atoms with Gasteiger partial charge in [-0.1, -0.05) is 20.8 Å². The summed E-state index contributed by atoms with van der Waals surface area (Å²) in [6, 6.07) is 0. The van der Waals surface area contributed by atoms with Gasteiger partial charge in [-0.05, 0) is 37.9 Å². The van der Waals surface area contributed by atoms with Crippen molar-refractivity contribution in [2.24, 2.45) is 0 Å². The highest BCUT2D eigenvalue weighted by Gasteiger charge is 2.38. The van der Waals surface area contributed by atoms with Gasteiger partial charge in [0.05, 0.1) is 24.5 Å². The molecule has 2 aliphatic rings. The molecule has 23 heavy (non-hydrogen) atoms. The largest absolute Gasteiger partial charge is 0.411 e. The van der Waals surface area contributed by atoms with Crippen molar-refractivity contribution in [1.82, 2.24) is 4.98 Å². The van der Waals surface area contributed by atoms with Gasteiger partial charge in [0.1, 0.15) is 0 Å². The second-order valence-electron chi connectivity index (χ2n) is 8.41. The first-order chi connectivity index (χ1) is 10.7. The number of anilines is 1. The number of fused-ring (bicyclic) bond motifs is 2. The maximum Gasteiger partial charge on any atom is 0.192 e. The van der Waals surface area contributed by atoms with E-state index in [1.54, 1.807) is 11.3 Å². The van der Waals surface area contributed by atoms with E-state index < -0.39 is 8.32 Å². The van der Waals surface area contributed by atoms with Crippen molar-refractivity contribution in [2.75, 3.05) is 18.0 Å². The first-order valence-electron chi connectivity index (χ1n) is 8.66. The Balaban J connectivity index is 1.67. The van der Waals surface area contributed by atoms with E-state index in [1.165, 1.54) is 17.7 Å². The van der Waals surface area contributed by atoms with E-state index in [1.807, 2.05) is 0 Å². The molecule has 0 aliphatic carbocycles. The predicted octanol–water partition coefficient (Wildman–Crippen LogP) is 4.34. The number of ether oxygens (including phenoxy) is 1. The summed E-state index contributed by atoms with van der Waals surface area (Å²) in [7, 11) is -1.72. The number of nitrogens with zero attached hydrogens (tertiary/aromatic N) is 2. The van der Waals surface area contributed by atoms with Gasteiger partial charge in [0, 0.05) is 18.0 Å². The fourth-order valence-electron chi connectivity index (χ4n) is 2.92. The van der Waals surface area contributed by atoms with Crippen LogP contribution < -0.4 is 4.90 Å². The Hall–Kier alpha value is -0.433. The molecule has 2 bridgehead atoms. The van der Waals surface area contributed by atoms with Crippen LogP contribution in [-0.4, -0.2) is 38.6 Å². The van der Waals surface area contributed by atoms with Crippen molar-refractivity contribution in [3.63, 3.8) is 0 Å². The molecule has 4 nitrogen and oxygen atoms in total. The minimum Gasteiger partial charge on any atom is -0.411 e. The van der Waals surface area contributed by atoms with E-state index in [4.69, 9.17) is 14.1 Å². The maximum atomic E-state index is 6.36. The SMILES string of the molecule is Cc1sc(N2CC3CCC(C2)O3)nc1CO[Si](C)(C)C(C)(C)C. The van der Waals surface area contributed by atoms with Crippen LogP contribution in [0.1, 0.15) is 44.2 Å². The summed E-state index contributed by atoms with van der Waals surface area (Å²) in [6.45, 7) is 16.2. The Bertz CT molecular complexity index is 555. The summed E-state index contributed by atoms with van der Waals surface area (Å²) in [4.78, 5) is 8.61. The Labute approximate surface area is 145 Å². The second kappa shape index (κ2) is 6.13. The van der Waals surface area contributed by atoms with Gasteiger partial charge in [0.15, 0.2) is 13.4 Å². The summed E-state index contributed by atoms with van der Waals surface area (Å²) < 4.78 is 12.3. The molecule has 0 radical (unpaired) electrons. The number of aryl methyl sites for hydroxylation is 1. The first-order valence-corrected chi connectivity index (χ1v) is 12.4. The van der Waals surface area contributed by atoms with Crippen LogP contribution in [0.3, 0.4) is 0 Å². The van der Waals surface area contributed by atoms with Crippen molar-refractivity contribution in [1.29, 1.82) is 0 Å². The topological polar surface area (TPSA) is 34.6 Å². The van der Waals surface area contributed by atoms with E-state index in [0.29, 0.717) is 18.8 Å². The Morgan fingerprint density at radius 1 is 1.26 bits per heavy atom. The summed E-state index contributed by atoms with van der Waals surface area (Å²) in [5, 5.41) is 1.39. The maximum absolute atomic E-state index is 6.36. The molecule has 1 aromatic rings. The third-order valence-electron chi connectivity index (χ3n) is 5.57. The van der Waals surface area contributed by atoms with Crippen molar-refractivity contribution in [3.8, 4) is 0 Å². The van der Waals surface area contributed by atoms with E-state index in [9.17, 15) is 0 Å². The van der Waals surface area contributed by atoms with E-state index in [2.05, 4.69) is 45.7 Å². The molecule has 3 rings (SSSR count). The highest BCUT2D eigenvalue weighted by Crippen LogP contribution is 2.38. The smallest absolute Gasteiger partial charge is 0.192 e. The van der Waals surface area contributed by atoms with Gasteiger partial charge in [-0.25, -0.2) is 4.98 Å². The molecular formula is C17H30N2O2SSi. The van der Waals surface area contributed by atoms with Crippen LogP contribution in [0.4, 0.5) is 5.13 Å². The Kier molecular flexibility index (Phi) is 4.64. The Morgan fingerprint density at radius 2 is 1.87 bits per heavy atom. The molecule has 0 aromatic carbocycles. The van der Waals surface area contributed by atoms with E-state index >= 15 is 0 Å². The fraction of sp³-hybridized carbons (Fsp3) is 0.824. The van der Waals surface area contributed by atoms with Gasteiger partial charge in [-0.2, -0.15) is 0 Å². The van der Waals surface area contributed by atoms with Gasteiger partial charge < -0.3 is 14.1 Å². The van der Waals surface area contributed by atoms with Crippen molar-refractivity contribution < 1.29 is 9.16 Å². The molecule has 2 aliphatic heterocycles. The Morgan fingerprint density at radius 3 is 2.43 bits per heavy atom. The molecule has 2 fully saturated rings. The molecule has 0 N–H and O–H groups in total. The average molecular weight is 355 g/mol. The van der Waals surface area contributed by atoms with E-state index in [-0.39, 0.29) is 5.04 Å². The molecule has 0 amide bonds. The quantitative estimate of drug-likeness (QED) is 0.753. The summed E-state index contributed by atoms with van der Waals surface area (Å²) >= 11 is 1.81. The molecule has 3 heterocycles. The van der Waals surface area contributed by atoms with Gasteiger partial charge in [0.25, 0.3) is 0 Å². The van der Waals surface area contributed by atoms with Crippen LogP contribution in [0.25, 0.3) is 0 Å². The number of hydrogen-bond donors (Lipinski definition) is 0. The third-order valence-corrected chi connectivity index (χ3v) is 11.1. The lowest BCUT2D eigenvalue weighted by Crippen LogP contribution is -2.42. The zero-order valence-corrected chi connectivity index (χ0v) is 17.1. The zero-order valence-electron chi connectivity index (χ0n) is 15.3.